The Kier molecular flexibility index (Phi) is 5.76. The van der Waals surface area contributed by atoms with Crippen molar-refractivity contribution in [2.24, 2.45) is 0 Å². The second-order valence-corrected chi connectivity index (χ2v) is 7.74. The molecule has 0 fully saturated rings. The van der Waals surface area contributed by atoms with Crippen molar-refractivity contribution in [2.75, 3.05) is 18.6 Å². The Balaban J connectivity index is 1.39. The summed E-state index contributed by atoms with van der Waals surface area (Å²) >= 11 is 1.45. The van der Waals surface area contributed by atoms with Crippen LogP contribution in [0.1, 0.15) is 22.7 Å². The molecule has 0 radical (unpaired) electrons. The number of anilines is 1. The van der Waals surface area contributed by atoms with Gasteiger partial charge in [-0.2, -0.15) is 0 Å². The van der Waals surface area contributed by atoms with Gasteiger partial charge in [0.1, 0.15) is 28.9 Å². The SMILES string of the molecule is COc1ccc2c(c1)CCCN2C(=O)Cc1csc(COc2ccc(F)cc2)n1. The quantitative estimate of drug-likeness (QED) is 0.603. The maximum Gasteiger partial charge on any atom is 0.233 e. The molecule has 0 spiro atoms. The van der Waals surface area contributed by atoms with Crippen LogP contribution in [0.2, 0.25) is 0 Å². The smallest absolute Gasteiger partial charge is 0.233 e. The average Bonchev–Trinajstić information content (AvgIpc) is 3.19. The molecular formula is C22H21FN2O3S. The van der Waals surface area contributed by atoms with Crippen molar-refractivity contribution < 1.29 is 18.7 Å². The lowest BCUT2D eigenvalue weighted by molar-refractivity contribution is -0.118. The van der Waals surface area contributed by atoms with Gasteiger partial charge in [-0.05, 0) is 60.9 Å². The first kappa shape index (κ1) is 19.4. The number of carbonyl (C=O) groups excluding carboxylic acids is 1. The summed E-state index contributed by atoms with van der Waals surface area (Å²) in [6.07, 6.45) is 2.12. The van der Waals surface area contributed by atoms with Crippen LogP contribution in [-0.4, -0.2) is 24.5 Å². The van der Waals surface area contributed by atoms with Gasteiger partial charge in [0.15, 0.2) is 0 Å². The summed E-state index contributed by atoms with van der Waals surface area (Å²) in [4.78, 5) is 19.3. The van der Waals surface area contributed by atoms with Crippen LogP contribution in [0, 0.1) is 5.82 Å². The van der Waals surface area contributed by atoms with Crippen molar-refractivity contribution >= 4 is 22.9 Å². The van der Waals surface area contributed by atoms with E-state index in [0.29, 0.717) is 12.3 Å². The van der Waals surface area contributed by atoms with Gasteiger partial charge in [0.25, 0.3) is 0 Å². The highest BCUT2D eigenvalue weighted by Gasteiger charge is 2.23. The number of methoxy groups -OCH3 is 1. The molecule has 0 saturated carbocycles. The van der Waals surface area contributed by atoms with E-state index < -0.39 is 0 Å². The molecule has 0 N–H and O–H groups in total. The Hall–Kier alpha value is -2.93. The van der Waals surface area contributed by atoms with E-state index in [9.17, 15) is 9.18 Å². The molecule has 0 saturated heterocycles. The minimum Gasteiger partial charge on any atom is -0.497 e. The minimum atomic E-state index is -0.301. The number of halogens is 1. The van der Waals surface area contributed by atoms with Gasteiger partial charge in [-0.15, -0.1) is 11.3 Å². The zero-order chi connectivity index (χ0) is 20.2. The van der Waals surface area contributed by atoms with Crippen LogP contribution in [0.5, 0.6) is 11.5 Å². The first-order valence-electron chi connectivity index (χ1n) is 9.41. The van der Waals surface area contributed by atoms with Crippen LogP contribution in [0.25, 0.3) is 0 Å². The number of aromatic nitrogens is 1. The summed E-state index contributed by atoms with van der Waals surface area (Å²) in [6, 6.07) is 11.7. The molecule has 0 unspecified atom stereocenters. The van der Waals surface area contributed by atoms with Crippen LogP contribution in [0.4, 0.5) is 10.1 Å². The molecule has 150 valence electrons. The number of fused-ring (bicyclic) bond motifs is 1. The maximum absolute atomic E-state index is 13.0. The Labute approximate surface area is 172 Å². The molecule has 7 heteroatoms. The molecular weight excluding hydrogens is 391 g/mol. The van der Waals surface area contributed by atoms with Crippen LogP contribution in [-0.2, 0) is 24.2 Å². The molecule has 1 aliphatic rings. The van der Waals surface area contributed by atoms with Crippen molar-refractivity contribution in [2.45, 2.75) is 25.9 Å². The number of hydrogen-bond acceptors (Lipinski definition) is 5. The minimum absolute atomic E-state index is 0.0346. The Morgan fingerprint density at radius 3 is 2.79 bits per heavy atom. The molecule has 2 aromatic carbocycles. The fourth-order valence-electron chi connectivity index (χ4n) is 3.38. The molecule has 5 nitrogen and oxygen atoms in total. The standard InChI is InChI=1S/C22H21FN2O3S/c1-27-19-8-9-20-15(11-19)3-2-10-25(20)22(26)12-17-14-29-21(24-17)13-28-18-6-4-16(23)5-7-18/h4-9,11,14H,2-3,10,12-13H2,1H3. The summed E-state index contributed by atoms with van der Waals surface area (Å²) in [5, 5.41) is 2.67. The summed E-state index contributed by atoms with van der Waals surface area (Å²) < 4.78 is 23.9. The van der Waals surface area contributed by atoms with E-state index >= 15 is 0 Å². The zero-order valence-electron chi connectivity index (χ0n) is 16.1. The number of amides is 1. The van der Waals surface area contributed by atoms with E-state index in [1.807, 2.05) is 28.5 Å². The van der Waals surface area contributed by atoms with Crippen LogP contribution >= 0.6 is 11.3 Å². The molecule has 1 aliphatic heterocycles. The lowest BCUT2D eigenvalue weighted by Gasteiger charge is -2.29. The molecule has 4 rings (SSSR count). The van der Waals surface area contributed by atoms with Gasteiger partial charge in [-0.3, -0.25) is 4.79 Å². The second kappa shape index (κ2) is 8.61. The fraction of sp³-hybridized carbons (Fsp3) is 0.273. The molecule has 29 heavy (non-hydrogen) atoms. The summed E-state index contributed by atoms with van der Waals surface area (Å²) in [5.41, 5.74) is 2.83. The monoisotopic (exact) mass is 412 g/mol. The Morgan fingerprint density at radius 1 is 1.21 bits per heavy atom. The lowest BCUT2D eigenvalue weighted by Crippen LogP contribution is -2.36. The highest BCUT2D eigenvalue weighted by Crippen LogP contribution is 2.31. The third-order valence-electron chi connectivity index (χ3n) is 4.81. The molecule has 0 bridgehead atoms. The van der Waals surface area contributed by atoms with E-state index in [1.54, 1.807) is 19.2 Å². The molecule has 1 aromatic heterocycles. The fourth-order valence-corrected chi connectivity index (χ4v) is 4.09. The van der Waals surface area contributed by atoms with Gasteiger partial charge < -0.3 is 14.4 Å². The summed E-state index contributed by atoms with van der Waals surface area (Å²) in [6.45, 7) is 1.000. The topological polar surface area (TPSA) is 51.7 Å². The molecule has 2 heterocycles. The van der Waals surface area contributed by atoms with Crippen molar-refractivity contribution in [1.29, 1.82) is 0 Å². The Morgan fingerprint density at radius 2 is 2.00 bits per heavy atom. The molecule has 1 amide bonds. The van der Waals surface area contributed by atoms with Crippen molar-refractivity contribution in [1.82, 2.24) is 4.98 Å². The van der Waals surface area contributed by atoms with Crippen molar-refractivity contribution in [3.63, 3.8) is 0 Å². The van der Waals surface area contributed by atoms with E-state index in [2.05, 4.69) is 4.98 Å². The third kappa shape index (κ3) is 4.56. The largest absolute Gasteiger partial charge is 0.497 e. The molecule has 3 aromatic rings. The van der Waals surface area contributed by atoms with Gasteiger partial charge in [0.05, 0.1) is 19.2 Å². The highest BCUT2D eigenvalue weighted by molar-refractivity contribution is 7.09. The number of benzene rings is 2. The average molecular weight is 412 g/mol. The van der Waals surface area contributed by atoms with Crippen molar-refractivity contribution in [3.8, 4) is 11.5 Å². The predicted molar refractivity (Wildman–Crippen MR) is 110 cm³/mol. The van der Waals surface area contributed by atoms with Gasteiger partial charge in [-0.1, -0.05) is 0 Å². The van der Waals surface area contributed by atoms with Crippen LogP contribution in [0.15, 0.2) is 47.8 Å². The number of aryl methyl sites for hydroxylation is 1. The first-order valence-corrected chi connectivity index (χ1v) is 10.3. The van der Waals surface area contributed by atoms with Gasteiger partial charge >= 0.3 is 0 Å². The van der Waals surface area contributed by atoms with E-state index in [0.717, 1.165) is 40.5 Å². The zero-order valence-corrected chi connectivity index (χ0v) is 16.9. The van der Waals surface area contributed by atoms with E-state index in [4.69, 9.17) is 9.47 Å². The normalized spacial score (nSPS) is 13.1. The van der Waals surface area contributed by atoms with E-state index in [-0.39, 0.29) is 24.8 Å². The third-order valence-corrected chi connectivity index (χ3v) is 5.69. The second-order valence-electron chi connectivity index (χ2n) is 6.80. The van der Waals surface area contributed by atoms with Gasteiger partial charge in [-0.25, -0.2) is 9.37 Å². The highest BCUT2D eigenvalue weighted by atomic mass is 32.1. The summed E-state index contributed by atoms with van der Waals surface area (Å²) in [5.74, 6) is 1.13. The first-order chi connectivity index (χ1) is 14.1. The number of rotatable bonds is 6. The van der Waals surface area contributed by atoms with Crippen LogP contribution in [0.3, 0.4) is 0 Å². The van der Waals surface area contributed by atoms with E-state index in [1.165, 1.54) is 23.5 Å². The number of carbonyl (C=O) groups is 1. The maximum atomic E-state index is 13.0. The van der Waals surface area contributed by atoms with Gasteiger partial charge in [0, 0.05) is 17.6 Å². The van der Waals surface area contributed by atoms with Crippen molar-refractivity contribution in [3.05, 3.63) is 69.9 Å². The number of hydrogen-bond donors (Lipinski definition) is 0. The Bertz CT molecular complexity index is 1000. The van der Waals surface area contributed by atoms with Crippen LogP contribution < -0.4 is 14.4 Å². The summed E-state index contributed by atoms with van der Waals surface area (Å²) in [7, 11) is 1.65. The van der Waals surface area contributed by atoms with Gasteiger partial charge in [0.2, 0.25) is 5.91 Å². The molecule has 0 aliphatic carbocycles. The predicted octanol–water partition coefficient (Wildman–Crippen LogP) is 4.39. The number of ether oxygens (including phenoxy) is 2. The lowest BCUT2D eigenvalue weighted by atomic mass is 10.0. The molecule has 0 atom stereocenters. The number of nitrogens with zero attached hydrogens (tertiary/aromatic N) is 2. The number of thiazole rings is 1.